The molecule has 3 atom stereocenters. The lowest BCUT2D eigenvalue weighted by Gasteiger charge is -2.40. The molecule has 2 aliphatic rings. The van der Waals surface area contributed by atoms with Crippen molar-refractivity contribution >= 4 is 17.8 Å². The van der Waals surface area contributed by atoms with E-state index < -0.39 is 12.0 Å². The van der Waals surface area contributed by atoms with Crippen molar-refractivity contribution < 1.29 is 19.1 Å². The molecule has 8 heteroatoms. The van der Waals surface area contributed by atoms with Crippen LogP contribution < -0.4 is 0 Å². The molecule has 3 heterocycles. The van der Waals surface area contributed by atoms with Crippen LogP contribution >= 0.6 is 0 Å². The van der Waals surface area contributed by atoms with Crippen LogP contribution in [0.3, 0.4) is 0 Å². The molecule has 0 bridgehead atoms. The molecule has 4 rings (SSSR count). The summed E-state index contributed by atoms with van der Waals surface area (Å²) in [5.41, 5.74) is 1.88. The van der Waals surface area contributed by atoms with Gasteiger partial charge in [-0.3, -0.25) is 14.4 Å². The normalized spacial score (nSPS) is 23.3. The molecule has 0 N–H and O–H groups in total. The van der Waals surface area contributed by atoms with Crippen LogP contribution in [0, 0.1) is 19.8 Å². The maximum Gasteiger partial charge on any atom is 0.311 e. The zero-order valence-electron chi connectivity index (χ0n) is 17.2. The van der Waals surface area contributed by atoms with E-state index in [1.165, 1.54) is 12.0 Å². The minimum absolute atomic E-state index is 0.0470. The molecule has 156 valence electrons. The van der Waals surface area contributed by atoms with Gasteiger partial charge >= 0.3 is 5.97 Å². The highest BCUT2D eigenvalue weighted by molar-refractivity contribution is 5.96. The number of aryl methyl sites for hydroxylation is 2. The average Bonchev–Trinajstić information content (AvgIpc) is 3.12. The van der Waals surface area contributed by atoms with E-state index >= 15 is 0 Å². The van der Waals surface area contributed by atoms with E-state index in [4.69, 9.17) is 4.74 Å². The summed E-state index contributed by atoms with van der Waals surface area (Å²) in [6, 6.07) is 10.5. The molecule has 1 aromatic heterocycles. The van der Waals surface area contributed by atoms with Gasteiger partial charge in [0.15, 0.2) is 0 Å². The zero-order chi connectivity index (χ0) is 21.4. The Labute approximate surface area is 174 Å². The smallest absolute Gasteiger partial charge is 0.311 e. The Morgan fingerprint density at radius 1 is 1.13 bits per heavy atom. The molecule has 2 saturated heterocycles. The number of fused-ring (bicyclic) bond motifs is 1. The van der Waals surface area contributed by atoms with Gasteiger partial charge in [0.25, 0.3) is 5.91 Å². The number of rotatable bonds is 3. The topological polar surface area (TPSA) is 92.7 Å². The van der Waals surface area contributed by atoms with Gasteiger partial charge in [0.05, 0.1) is 25.1 Å². The van der Waals surface area contributed by atoms with E-state index in [0.717, 1.165) is 5.56 Å². The number of esters is 1. The first-order valence-corrected chi connectivity index (χ1v) is 9.94. The minimum atomic E-state index is -0.468. The second kappa shape index (κ2) is 7.85. The molecular weight excluding hydrogens is 384 g/mol. The number of methoxy groups -OCH3 is 1. The summed E-state index contributed by atoms with van der Waals surface area (Å²) in [5, 5.41) is 0. The summed E-state index contributed by atoms with van der Waals surface area (Å²) >= 11 is 0. The largest absolute Gasteiger partial charge is 0.469 e. The molecular formula is C22H24N4O4. The zero-order valence-corrected chi connectivity index (χ0v) is 17.2. The molecule has 8 nitrogen and oxygen atoms in total. The Hall–Kier alpha value is -3.29. The Kier molecular flexibility index (Phi) is 5.24. The molecule has 2 fully saturated rings. The van der Waals surface area contributed by atoms with Crippen molar-refractivity contribution in [2.75, 3.05) is 20.2 Å². The van der Waals surface area contributed by atoms with Crippen molar-refractivity contribution in [3.05, 3.63) is 59.2 Å². The standard InChI is InChI=1S/C22H24N4O4/c1-13-9-18(24-14(2)23-13)21(28)25-11-16-10-17(22(29)30-3)20(26(16)19(27)12-25)15-7-5-4-6-8-15/h4-9,16-17,20H,10-12H2,1-3H3/t16-,17-,20-/m0/s1. The second-order valence-electron chi connectivity index (χ2n) is 7.80. The van der Waals surface area contributed by atoms with Gasteiger partial charge in [0.1, 0.15) is 18.1 Å². The van der Waals surface area contributed by atoms with Gasteiger partial charge in [-0.1, -0.05) is 30.3 Å². The molecule has 2 aromatic rings. The third kappa shape index (κ3) is 3.53. The SMILES string of the molecule is COC(=O)[C@H]1C[C@H]2CN(C(=O)c3cc(C)nc(C)n3)CC(=O)N2[C@H]1c1ccccc1. The molecule has 0 aliphatic carbocycles. The van der Waals surface area contributed by atoms with Crippen molar-refractivity contribution in [2.24, 2.45) is 5.92 Å². The summed E-state index contributed by atoms with van der Waals surface area (Å²) in [6.07, 6.45) is 0.448. The number of hydrogen-bond acceptors (Lipinski definition) is 6. The Bertz CT molecular complexity index is 974. The van der Waals surface area contributed by atoms with Crippen LogP contribution in [0.4, 0.5) is 0 Å². The van der Waals surface area contributed by atoms with Gasteiger partial charge in [-0.2, -0.15) is 0 Å². The maximum atomic E-state index is 13.1. The highest BCUT2D eigenvalue weighted by Crippen LogP contribution is 2.43. The average molecular weight is 408 g/mol. The highest BCUT2D eigenvalue weighted by atomic mass is 16.5. The molecule has 0 spiro atoms. The van der Waals surface area contributed by atoms with E-state index in [9.17, 15) is 14.4 Å². The van der Waals surface area contributed by atoms with Crippen molar-refractivity contribution in [3.63, 3.8) is 0 Å². The number of hydrogen-bond donors (Lipinski definition) is 0. The Balaban J connectivity index is 1.63. The predicted molar refractivity (Wildman–Crippen MR) is 107 cm³/mol. The lowest BCUT2D eigenvalue weighted by molar-refractivity contribution is -0.147. The minimum Gasteiger partial charge on any atom is -0.469 e. The predicted octanol–water partition coefficient (Wildman–Crippen LogP) is 1.68. The monoisotopic (exact) mass is 408 g/mol. The lowest BCUT2D eigenvalue weighted by atomic mass is 9.93. The van der Waals surface area contributed by atoms with Gasteiger partial charge in [0, 0.05) is 12.2 Å². The quantitative estimate of drug-likeness (QED) is 0.718. The highest BCUT2D eigenvalue weighted by Gasteiger charge is 2.51. The molecule has 2 amide bonds. The van der Waals surface area contributed by atoms with E-state index in [0.29, 0.717) is 24.5 Å². The number of piperazine rings is 1. The number of nitrogens with zero attached hydrogens (tertiary/aromatic N) is 4. The van der Waals surface area contributed by atoms with Crippen LogP contribution in [0.2, 0.25) is 0 Å². The molecule has 0 radical (unpaired) electrons. The number of amides is 2. The van der Waals surface area contributed by atoms with Crippen LogP contribution in [-0.2, 0) is 14.3 Å². The summed E-state index contributed by atoms with van der Waals surface area (Å²) in [5.74, 6) is -0.772. The fourth-order valence-electron chi connectivity index (χ4n) is 4.60. The molecule has 0 saturated carbocycles. The van der Waals surface area contributed by atoms with E-state index in [2.05, 4.69) is 9.97 Å². The first-order valence-electron chi connectivity index (χ1n) is 9.94. The van der Waals surface area contributed by atoms with E-state index in [1.807, 2.05) is 30.3 Å². The van der Waals surface area contributed by atoms with Gasteiger partial charge < -0.3 is 14.5 Å². The lowest BCUT2D eigenvalue weighted by Crippen LogP contribution is -2.56. The first kappa shape index (κ1) is 20.0. The summed E-state index contributed by atoms with van der Waals surface area (Å²) < 4.78 is 5.02. The summed E-state index contributed by atoms with van der Waals surface area (Å²) in [6.45, 7) is 3.84. The number of ether oxygens (including phenoxy) is 1. The summed E-state index contributed by atoms with van der Waals surface area (Å²) in [4.78, 5) is 50.4. The van der Waals surface area contributed by atoms with Crippen LogP contribution in [-0.4, -0.2) is 63.8 Å². The first-order chi connectivity index (χ1) is 14.4. The van der Waals surface area contributed by atoms with E-state index in [-0.39, 0.29) is 36.1 Å². The van der Waals surface area contributed by atoms with Gasteiger partial charge in [-0.05, 0) is 31.9 Å². The van der Waals surface area contributed by atoms with Crippen molar-refractivity contribution in [3.8, 4) is 0 Å². The molecule has 30 heavy (non-hydrogen) atoms. The van der Waals surface area contributed by atoms with E-state index in [1.54, 1.807) is 24.8 Å². The van der Waals surface area contributed by atoms with Crippen LogP contribution in [0.1, 0.15) is 40.0 Å². The fraction of sp³-hybridized carbons (Fsp3) is 0.409. The van der Waals surface area contributed by atoms with Crippen LogP contribution in [0.5, 0.6) is 0 Å². The van der Waals surface area contributed by atoms with Crippen molar-refractivity contribution in [1.82, 2.24) is 19.8 Å². The maximum absolute atomic E-state index is 13.1. The van der Waals surface area contributed by atoms with Crippen molar-refractivity contribution in [1.29, 1.82) is 0 Å². The number of carbonyl (C=O) groups is 3. The van der Waals surface area contributed by atoms with Gasteiger partial charge in [-0.15, -0.1) is 0 Å². The number of aromatic nitrogens is 2. The Morgan fingerprint density at radius 3 is 2.53 bits per heavy atom. The van der Waals surface area contributed by atoms with Gasteiger partial charge in [-0.25, -0.2) is 9.97 Å². The second-order valence-corrected chi connectivity index (χ2v) is 7.80. The fourth-order valence-corrected chi connectivity index (χ4v) is 4.60. The number of benzene rings is 1. The third-order valence-corrected chi connectivity index (χ3v) is 5.76. The Morgan fingerprint density at radius 2 is 1.87 bits per heavy atom. The molecule has 0 unspecified atom stereocenters. The molecule has 2 aliphatic heterocycles. The third-order valence-electron chi connectivity index (χ3n) is 5.76. The van der Waals surface area contributed by atoms with Crippen molar-refractivity contribution in [2.45, 2.75) is 32.4 Å². The number of carbonyl (C=O) groups excluding carboxylic acids is 3. The van der Waals surface area contributed by atoms with Gasteiger partial charge in [0.2, 0.25) is 5.91 Å². The van der Waals surface area contributed by atoms with Crippen LogP contribution in [0.25, 0.3) is 0 Å². The molecule has 1 aromatic carbocycles. The summed E-state index contributed by atoms with van der Waals surface area (Å²) in [7, 11) is 1.36. The van der Waals surface area contributed by atoms with Crippen LogP contribution in [0.15, 0.2) is 36.4 Å².